The Balaban J connectivity index is 1.98. The second-order valence-corrected chi connectivity index (χ2v) is 6.63. The van der Waals surface area contributed by atoms with E-state index in [1.807, 2.05) is 22.5 Å². The molecule has 1 N–H and O–H groups in total. The molecular formula is C14H17N3O2S. The lowest BCUT2D eigenvalue weighted by atomic mass is 10.1. The van der Waals surface area contributed by atoms with Crippen molar-refractivity contribution in [2.75, 3.05) is 5.75 Å². The summed E-state index contributed by atoms with van der Waals surface area (Å²) in [5, 5.41) is 18.3. The van der Waals surface area contributed by atoms with E-state index in [1.165, 1.54) is 6.42 Å². The highest BCUT2D eigenvalue weighted by Crippen LogP contribution is 2.38. The molecule has 1 aliphatic carbocycles. The molecule has 6 heteroatoms. The molecule has 1 aromatic heterocycles. The minimum absolute atomic E-state index is 0.268. The zero-order chi connectivity index (χ0) is 14.1. The van der Waals surface area contributed by atoms with Gasteiger partial charge in [0.05, 0.1) is 11.6 Å². The number of hydrogen-bond donors (Lipinski definition) is 1. The van der Waals surface area contributed by atoms with Gasteiger partial charge in [0.15, 0.2) is 0 Å². The molecule has 0 radical (unpaired) electrons. The summed E-state index contributed by atoms with van der Waals surface area (Å²) < 4.78 is 1.83. The molecule has 20 heavy (non-hydrogen) atoms. The average Bonchev–Trinajstić information content (AvgIpc) is 3.04. The zero-order valence-electron chi connectivity index (χ0n) is 11.3. The molecule has 1 heterocycles. The molecule has 106 valence electrons. The molecule has 0 amide bonds. The highest BCUT2D eigenvalue weighted by Gasteiger charge is 2.29. The van der Waals surface area contributed by atoms with Crippen molar-refractivity contribution in [2.24, 2.45) is 0 Å². The van der Waals surface area contributed by atoms with Gasteiger partial charge in [-0.25, -0.2) is 9.48 Å². The molecule has 2 unspecified atom stereocenters. The molecule has 0 aliphatic heterocycles. The maximum Gasteiger partial charge on any atom is 0.337 e. The van der Waals surface area contributed by atoms with Crippen molar-refractivity contribution in [3.8, 4) is 0 Å². The molecule has 0 spiro atoms. The molecule has 3 rings (SSSR count). The van der Waals surface area contributed by atoms with E-state index in [0.29, 0.717) is 21.8 Å². The fourth-order valence-corrected chi connectivity index (χ4v) is 4.08. The van der Waals surface area contributed by atoms with E-state index in [-0.39, 0.29) is 6.04 Å². The lowest BCUT2D eigenvalue weighted by Gasteiger charge is -2.12. The maximum absolute atomic E-state index is 11.4. The smallest absolute Gasteiger partial charge is 0.337 e. The third-order valence-electron chi connectivity index (χ3n) is 3.83. The molecule has 2 atom stereocenters. The largest absolute Gasteiger partial charge is 0.478 e. The van der Waals surface area contributed by atoms with E-state index in [4.69, 9.17) is 0 Å². The molecule has 0 saturated heterocycles. The van der Waals surface area contributed by atoms with Crippen molar-refractivity contribution in [1.82, 2.24) is 15.0 Å². The van der Waals surface area contributed by atoms with Gasteiger partial charge < -0.3 is 5.11 Å². The first-order chi connectivity index (χ1) is 9.70. The van der Waals surface area contributed by atoms with Crippen LogP contribution in [0, 0.1) is 0 Å². The first-order valence-corrected chi connectivity index (χ1v) is 7.94. The number of nitrogens with zero attached hydrogens (tertiary/aromatic N) is 3. The second kappa shape index (κ2) is 5.44. The van der Waals surface area contributed by atoms with Crippen LogP contribution in [0.2, 0.25) is 0 Å². The number of para-hydroxylation sites is 1. The van der Waals surface area contributed by atoms with E-state index >= 15 is 0 Å². The average molecular weight is 291 g/mol. The normalized spacial score (nSPS) is 22.4. The number of rotatable bonds is 4. The van der Waals surface area contributed by atoms with Gasteiger partial charge in [0.25, 0.3) is 0 Å². The molecular weight excluding hydrogens is 274 g/mol. The maximum atomic E-state index is 11.4. The van der Waals surface area contributed by atoms with E-state index in [2.05, 4.69) is 17.2 Å². The van der Waals surface area contributed by atoms with Gasteiger partial charge in [0.2, 0.25) is 0 Å². The SMILES string of the molecule is CCSC1CCC(n2nnc3cccc(C(=O)O)c32)C1. The molecule has 1 fully saturated rings. The molecule has 1 aromatic carbocycles. The van der Waals surface area contributed by atoms with Crippen molar-refractivity contribution >= 4 is 28.8 Å². The van der Waals surface area contributed by atoms with Gasteiger partial charge in [-0.05, 0) is 37.1 Å². The summed E-state index contributed by atoms with van der Waals surface area (Å²) in [5.41, 5.74) is 1.61. The summed E-state index contributed by atoms with van der Waals surface area (Å²) in [6, 6.07) is 5.43. The van der Waals surface area contributed by atoms with Crippen LogP contribution in [0.4, 0.5) is 0 Å². The van der Waals surface area contributed by atoms with Gasteiger partial charge in [-0.2, -0.15) is 11.8 Å². The predicted molar refractivity (Wildman–Crippen MR) is 79.3 cm³/mol. The lowest BCUT2D eigenvalue weighted by Crippen LogP contribution is -2.11. The number of carbonyl (C=O) groups is 1. The van der Waals surface area contributed by atoms with Gasteiger partial charge >= 0.3 is 5.97 Å². The molecule has 2 aromatic rings. The highest BCUT2D eigenvalue weighted by molar-refractivity contribution is 7.99. The third kappa shape index (κ3) is 2.28. The summed E-state index contributed by atoms with van der Waals surface area (Å²) in [4.78, 5) is 11.4. The summed E-state index contributed by atoms with van der Waals surface area (Å²) in [6.45, 7) is 2.17. The molecule has 0 bridgehead atoms. The van der Waals surface area contributed by atoms with Crippen LogP contribution in [0.1, 0.15) is 42.6 Å². The number of carboxylic acids is 1. The zero-order valence-corrected chi connectivity index (χ0v) is 12.1. The fourth-order valence-electron chi connectivity index (χ4n) is 2.95. The minimum atomic E-state index is -0.920. The van der Waals surface area contributed by atoms with Crippen LogP contribution in [-0.2, 0) is 0 Å². The topological polar surface area (TPSA) is 68.0 Å². The number of carboxylic acid groups (broad SMARTS) is 1. The standard InChI is InChI=1S/C14H17N3O2S/c1-2-20-10-7-6-9(8-10)17-13-11(14(18)19)4-3-5-12(13)15-16-17/h3-5,9-10H,2,6-8H2,1H3,(H,18,19). The van der Waals surface area contributed by atoms with Crippen LogP contribution in [0.5, 0.6) is 0 Å². The van der Waals surface area contributed by atoms with Crippen molar-refractivity contribution in [1.29, 1.82) is 0 Å². The van der Waals surface area contributed by atoms with E-state index in [1.54, 1.807) is 12.1 Å². The van der Waals surface area contributed by atoms with Crippen LogP contribution in [-0.4, -0.2) is 37.1 Å². The summed E-state index contributed by atoms with van der Waals surface area (Å²) in [7, 11) is 0. The van der Waals surface area contributed by atoms with Crippen LogP contribution in [0.3, 0.4) is 0 Å². The third-order valence-corrected chi connectivity index (χ3v) is 5.06. The number of fused-ring (bicyclic) bond motifs is 1. The van der Waals surface area contributed by atoms with Gasteiger partial charge in [-0.1, -0.05) is 18.2 Å². The Morgan fingerprint density at radius 3 is 3.10 bits per heavy atom. The predicted octanol–water partition coefficient (Wildman–Crippen LogP) is 2.98. The molecule has 1 saturated carbocycles. The first kappa shape index (κ1) is 13.4. The Kier molecular flexibility index (Phi) is 3.65. The van der Waals surface area contributed by atoms with Crippen LogP contribution in [0.25, 0.3) is 11.0 Å². The van der Waals surface area contributed by atoms with Crippen molar-refractivity contribution in [2.45, 2.75) is 37.5 Å². The minimum Gasteiger partial charge on any atom is -0.478 e. The monoisotopic (exact) mass is 291 g/mol. The summed E-state index contributed by atoms with van der Waals surface area (Å²) >= 11 is 1.98. The number of aromatic nitrogens is 3. The first-order valence-electron chi connectivity index (χ1n) is 6.89. The van der Waals surface area contributed by atoms with Crippen molar-refractivity contribution in [3.05, 3.63) is 23.8 Å². The summed E-state index contributed by atoms with van der Waals surface area (Å²) in [5.74, 6) is 0.201. The number of hydrogen-bond acceptors (Lipinski definition) is 4. The van der Waals surface area contributed by atoms with Crippen LogP contribution in [0.15, 0.2) is 18.2 Å². The summed E-state index contributed by atoms with van der Waals surface area (Å²) in [6.07, 6.45) is 3.26. The van der Waals surface area contributed by atoms with Crippen molar-refractivity contribution in [3.63, 3.8) is 0 Å². The lowest BCUT2D eigenvalue weighted by molar-refractivity contribution is 0.0698. The van der Waals surface area contributed by atoms with E-state index < -0.39 is 5.97 Å². The van der Waals surface area contributed by atoms with Gasteiger partial charge in [-0.15, -0.1) is 5.10 Å². The van der Waals surface area contributed by atoms with Gasteiger partial charge in [-0.3, -0.25) is 0 Å². The highest BCUT2D eigenvalue weighted by atomic mass is 32.2. The molecule has 5 nitrogen and oxygen atoms in total. The van der Waals surface area contributed by atoms with E-state index in [9.17, 15) is 9.90 Å². The Bertz CT molecular complexity index is 640. The van der Waals surface area contributed by atoms with Gasteiger partial charge in [0, 0.05) is 5.25 Å². The number of thioether (sulfide) groups is 1. The second-order valence-electron chi connectivity index (χ2n) is 5.06. The number of aromatic carboxylic acids is 1. The fraction of sp³-hybridized carbons (Fsp3) is 0.500. The van der Waals surface area contributed by atoms with Crippen LogP contribution >= 0.6 is 11.8 Å². The van der Waals surface area contributed by atoms with Crippen molar-refractivity contribution < 1.29 is 9.90 Å². The van der Waals surface area contributed by atoms with E-state index in [0.717, 1.165) is 18.6 Å². The van der Waals surface area contributed by atoms with Gasteiger partial charge in [0.1, 0.15) is 11.0 Å². The Labute approximate surface area is 121 Å². The Morgan fingerprint density at radius 1 is 1.50 bits per heavy atom. The van der Waals surface area contributed by atoms with Crippen LogP contribution < -0.4 is 0 Å². The quantitative estimate of drug-likeness (QED) is 0.938. The Morgan fingerprint density at radius 2 is 2.35 bits per heavy atom. The number of benzene rings is 1. The molecule has 1 aliphatic rings. The Hall–Kier alpha value is -1.56.